The monoisotopic (exact) mass is 264 g/mol. The molecule has 1 aromatic carbocycles. The molecule has 0 saturated heterocycles. The molecule has 0 fully saturated rings. The van der Waals surface area contributed by atoms with Gasteiger partial charge in [0.05, 0.1) is 20.0 Å². The summed E-state index contributed by atoms with van der Waals surface area (Å²) in [7, 11) is 1.59. The standard InChI is InChI=1S/C15H20O4/c1-5-18-14(16)15(2,3)19-13-8-6-12(7-9-13)10-11-17-4/h6-11H,5H2,1-4H3/b11-10+. The molecule has 104 valence electrons. The van der Waals surface area contributed by atoms with Crippen LogP contribution in [0.1, 0.15) is 26.3 Å². The minimum atomic E-state index is -1.00. The van der Waals surface area contributed by atoms with Gasteiger partial charge in [0, 0.05) is 0 Å². The van der Waals surface area contributed by atoms with E-state index in [-0.39, 0.29) is 5.97 Å². The van der Waals surface area contributed by atoms with Crippen LogP contribution >= 0.6 is 0 Å². The zero-order chi connectivity index (χ0) is 14.3. The lowest BCUT2D eigenvalue weighted by Crippen LogP contribution is -2.39. The topological polar surface area (TPSA) is 44.8 Å². The summed E-state index contributed by atoms with van der Waals surface area (Å²) in [6.07, 6.45) is 3.43. The number of benzene rings is 1. The van der Waals surface area contributed by atoms with Crippen LogP contribution in [0, 0.1) is 0 Å². The summed E-state index contributed by atoms with van der Waals surface area (Å²) in [4.78, 5) is 11.7. The van der Waals surface area contributed by atoms with Crippen molar-refractivity contribution in [2.45, 2.75) is 26.4 Å². The first-order chi connectivity index (χ1) is 8.99. The van der Waals surface area contributed by atoms with Crippen molar-refractivity contribution >= 4 is 12.0 Å². The van der Waals surface area contributed by atoms with Crippen molar-refractivity contribution in [3.05, 3.63) is 36.1 Å². The van der Waals surface area contributed by atoms with E-state index in [0.717, 1.165) is 5.56 Å². The van der Waals surface area contributed by atoms with Crippen LogP contribution < -0.4 is 4.74 Å². The van der Waals surface area contributed by atoms with Gasteiger partial charge < -0.3 is 14.2 Å². The molecule has 1 rings (SSSR count). The highest BCUT2D eigenvalue weighted by Crippen LogP contribution is 2.20. The maximum atomic E-state index is 11.7. The van der Waals surface area contributed by atoms with Crippen molar-refractivity contribution in [3.8, 4) is 5.75 Å². The van der Waals surface area contributed by atoms with E-state index >= 15 is 0 Å². The number of hydrogen-bond donors (Lipinski definition) is 0. The van der Waals surface area contributed by atoms with Gasteiger partial charge >= 0.3 is 5.97 Å². The fourth-order valence-corrected chi connectivity index (χ4v) is 1.43. The van der Waals surface area contributed by atoms with Crippen molar-refractivity contribution in [2.75, 3.05) is 13.7 Å². The van der Waals surface area contributed by atoms with Gasteiger partial charge in [0.15, 0.2) is 5.60 Å². The number of hydrogen-bond acceptors (Lipinski definition) is 4. The number of carbonyl (C=O) groups excluding carboxylic acids is 1. The Labute approximate surface area is 114 Å². The molecule has 0 aliphatic carbocycles. The second-order valence-electron chi connectivity index (χ2n) is 4.44. The number of carbonyl (C=O) groups is 1. The lowest BCUT2D eigenvalue weighted by Gasteiger charge is -2.24. The van der Waals surface area contributed by atoms with Gasteiger partial charge in [-0.05, 0) is 44.5 Å². The van der Waals surface area contributed by atoms with Crippen LogP contribution in [-0.2, 0) is 14.3 Å². The third kappa shape index (κ3) is 4.66. The molecule has 0 spiro atoms. The zero-order valence-electron chi connectivity index (χ0n) is 11.8. The Morgan fingerprint density at radius 2 is 1.89 bits per heavy atom. The molecule has 0 aliphatic rings. The first-order valence-corrected chi connectivity index (χ1v) is 6.15. The highest BCUT2D eigenvalue weighted by Gasteiger charge is 2.31. The normalized spacial score (nSPS) is 11.4. The van der Waals surface area contributed by atoms with Gasteiger partial charge in [-0.3, -0.25) is 0 Å². The van der Waals surface area contributed by atoms with Crippen LogP contribution in [0.3, 0.4) is 0 Å². The van der Waals surface area contributed by atoms with Crippen LogP contribution in [0.4, 0.5) is 0 Å². The zero-order valence-corrected chi connectivity index (χ0v) is 11.8. The van der Waals surface area contributed by atoms with Crippen LogP contribution in [0.25, 0.3) is 6.08 Å². The third-order valence-corrected chi connectivity index (χ3v) is 2.42. The van der Waals surface area contributed by atoms with E-state index in [2.05, 4.69) is 0 Å². The summed E-state index contributed by atoms with van der Waals surface area (Å²) in [6, 6.07) is 7.37. The molecule has 0 atom stereocenters. The average Bonchev–Trinajstić information content (AvgIpc) is 2.38. The van der Waals surface area contributed by atoms with Crippen molar-refractivity contribution in [1.29, 1.82) is 0 Å². The van der Waals surface area contributed by atoms with Crippen molar-refractivity contribution < 1.29 is 19.0 Å². The van der Waals surface area contributed by atoms with E-state index in [9.17, 15) is 4.79 Å². The lowest BCUT2D eigenvalue weighted by molar-refractivity contribution is -0.158. The van der Waals surface area contributed by atoms with Gasteiger partial charge in [-0.15, -0.1) is 0 Å². The van der Waals surface area contributed by atoms with Crippen molar-refractivity contribution in [2.24, 2.45) is 0 Å². The Kier molecular flexibility index (Phi) is 5.42. The molecule has 0 aromatic heterocycles. The molecule has 0 heterocycles. The SMILES string of the molecule is CCOC(=O)C(C)(C)Oc1ccc(/C=C/OC)cc1. The maximum absolute atomic E-state index is 11.7. The summed E-state index contributed by atoms with van der Waals surface area (Å²) >= 11 is 0. The molecule has 0 saturated carbocycles. The molecule has 4 heteroatoms. The van der Waals surface area contributed by atoms with Crippen LogP contribution in [-0.4, -0.2) is 25.3 Å². The van der Waals surface area contributed by atoms with E-state index in [1.165, 1.54) is 0 Å². The Balaban J connectivity index is 2.71. The molecular weight excluding hydrogens is 244 g/mol. The van der Waals surface area contributed by atoms with E-state index in [1.54, 1.807) is 46.3 Å². The van der Waals surface area contributed by atoms with Crippen LogP contribution in [0.15, 0.2) is 30.5 Å². The second-order valence-corrected chi connectivity index (χ2v) is 4.44. The molecule has 0 aliphatic heterocycles. The van der Waals surface area contributed by atoms with E-state index in [1.807, 2.05) is 18.2 Å². The van der Waals surface area contributed by atoms with Crippen LogP contribution in [0.2, 0.25) is 0 Å². The average molecular weight is 264 g/mol. The van der Waals surface area contributed by atoms with Gasteiger partial charge in [-0.25, -0.2) is 4.79 Å². The number of esters is 1. The highest BCUT2D eigenvalue weighted by atomic mass is 16.6. The Hall–Kier alpha value is -1.97. The molecule has 0 N–H and O–H groups in total. The van der Waals surface area contributed by atoms with Gasteiger partial charge in [0.2, 0.25) is 0 Å². The first kappa shape index (κ1) is 15.1. The Morgan fingerprint density at radius 1 is 1.26 bits per heavy atom. The molecule has 4 nitrogen and oxygen atoms in total. The Bertz CT molecular complexity index is 432. The maximum Gasteiger partial charge on any atom is 0.349 e. The quantitative estimate of drug-likeness (QED) is 0.585. The fourth-order valence-electron chi connectivity index (χ4n) is 1.43. The summed E-state index contributed by atoms with van der Waals surface area (Å²) in [5, 5.41) is 0. The van der Waals surface area contributed by atoms with Crippen molar-refractivity contribution in [1.82, 2.24) is 0 Å². The molecule has 0 radical (unpaired) electrons. The molecule has 0 bridgehead atoms. The van der Waals surface area contributed by atoms with Gasteiger partial charge in [0.25, 0.3) is 0 Å². The van der Waals surface area contributed by atoms with E-state index in [0.29, 0.717) is 12.4 Å². The number of methoxy groups -OCH3 is 1. The molecule has 0 unspecified atom stereocenters. The van der Waals surface area contributed by atoms with E-state index in [4.69, 9.17) is 14.2 Å². The molecule has 0 amide bonds. The van der Waals surface area contributed by atoms with Crippen LogP contribution in [0.5, 0.6) is 5.75 Å². The number of rotatable bonds is 6. The largest absolute Gasteiger partial charge is 0.504 e. The summed E-state index contributed by atoms with van der Waals surface area (Å²) in [5.41, 5.74) is -0.0111. The smallest absolute Gasteiger partial charge is 0.349 e. The minimum Gasteiger partial charge on any atom is -0.504 e. The molecule has 1 aromatic rings. The summed E-state index contributed by atoms with van der Waals surface area (Å²) in [6.45, 7) is 5.48. The van der Waals surface area contributed by atoms with E-state index < -0.39 is 5.60 Å². The lowest BCUT2D eigenvalue weighted by atomic mass is 10.1. The van der Waals surface area contributed by atoms with Crippen molar-refractivity contribution in [3.63, 3.8) is 0 Å². The van der Waals surface area contributed by atoms with Gasteiger partial charge in [-0.2, -0.15) is 0 Å². The predicted octanol–water partition coefficient (Wildman–Crippen LogP) is 3.02. The first-order valence-electron chi connectivity index (χ1n) is 6.15. The molecular formula is C15H20O4. The summed E-state index contributed by atoms with van der Waals surface area (Å²) < 4.78 is 15.5. The minimum absolute atomic E-state index is 0.340. The molecule has 19 heavy (non-hydrogen) atoms. The highest BCUT2D eigenvalue weighted by molar-refractivity contribution is 5.79. The fraction of sp³-hybridized carbons (Fsp3) is 0.400. The Morgan fingerprint density at radius 3 is 2.42 bits per heavy atom. The van der Waals surface area contributed by atoms with Gasteiger partial charge in [0.1, 0.15) is 5.75 Å². The number of ether oxygens (including phenoxy) is 3. The van der Waals surface area contributed by atoms with Gasteiger partial charge in [-0.1, -0.05) is 12.1 Å². The summed E-state index contributed by atoms with van der Waals surface area (Å²) in [5.74, 6) is 0.242. The second kappa shape index (κ2) is 6.83. The predicted molar refractivity (Wildman–Crippen MR) is 73.8 cm³/mol. The third-order valence-electron chi connectivity index (χ3n) is 2.42.